The highest BCUT2D eigenvalue weighted by Gasteiger charge is 2.08. The Morgan fingerprint density at radius 3 is 2.57 bits per heavy atom. The molecule has 2 heteroatoms. The third-order valence-corrected chi connectivity index (χ3v) is 2.58. The minimum absolute atomic E-state index is 0.293. The van der Waals surface area contributed by atoms with Crippen LogP contribution in [0, 0.1) is 5.92 Å². The average molecular weight is 194 g/mol. The molecule has 1 aliphatic rings. The predicted molar refractivity (Wildman–Crippen MR) is 56.9 cm³/mol. The van der Waals surface area contributed by atoms with Gasteiger partial charge >= 0.3 is 5.97 Å². The lowest BCUT2D eigenvalue weighted by atomic mass is 9.89. The van der Waals surface area contributed by atoms with Crippen LogP contribution in [0.15, 0.2) is 24.3 Å². The van der Waals surface area contributed by atoms with Gasteiger partial charge in [-0.2, -0.15) is 0 Å². The van der Waals surface area contributed by atoms with E-state index in [9.17, 15) is 4.79 Å². The van der Waals surface area contributed by atoms with Crippen molar-refractivity contribution in [1.29, 1.82) is 0 Å². The van der Waals surface area contributed by atoms with Crippen molar-refractivity contribution in [3.05, 3.63) is 24.3 Å². The summed E-state index contributed by atoms with van der Waals surface area (Å²) < 4.78 is 4.48. The molecule has 0 amide bonds. The van der Waals surface area contributed by atoms with E-state index in [2.05, 4.69) is 10.8 Å². The van der Waals surface area contributed by atoms with Crippen molar-refractivity contribution in [2.45, 2.75) is 32.1 Å². The lowest BCUT2D eigenvalue weighted by Crippen LogP contribution is -2.02. The highest BCUT2D eigenvalue weighted by Crippen LogP contribution is 2.24. The van der Waals surface area contributed by atoms with E-state index in [1.54, 1.807) is 6.08 Å². The van der Waals surface area contributed by atoms with Crippen LogP contribution in [-0.4, -0.2) is 13.1 Å². The molecule has 0 aliphatic heterocycles. The Labute approximate surface area is 85.6 Å². The average Bonchev–Trinajstić information content (AvgIpc) is 2.25. The van der Waals surface area contributed by atoms with Gasteiger partial charge in [-0.15, -0.1) is 0 Å². The van der Waals surface area contributed by atoms with Crippen molar-refractivity contribution in [1.82, 2.24) is 0 Å². The number of methoxy groups -OCH3 is 1. The van der Waals surface area contributed by atoms with Crippen molar-refractivity contribution < 1.29 is 9.53 Å². The second-order valence-corrected chi connectivity index (χ2v) is 3.67. The van der Waals surface area contributed by atoms with Crippen LogP contribution in [0.1, 0.15) is 32.1 Å². The van der Waals surface area contributed by atoms with Gasteiger partial charge in [-0.1, -0.05) is 37.5 Å². The van der Waals surface area contributed by atoms with Crippen molar-refractivity contribution in [3.63, 3.8) is 0 Å². The summed E-state index contributed by atoms with van der Waals surface area (Å²) in [6.45, 7) is 0. The number of esters is 1. The maximum Gasteiger partial charge on any atom is 0.330 e. The van der Waals surface area contributed by atoms with Crippen molar-refractivity contribution in [3.8, 4) is 0 Å². The number of carbonyl (C=O) groups is 1. The Hall–Kier alpha value is -1.05. The summed E-state index contributed by atoms with van der Waals surface area (Å²) in [5.74, 6) is 0.421. The van der Waals surface area contributed by atoms with Crippen LogP contribution in [0.4, 0.5) is 0 Å². The molecule has 0 atom stereocenters. The summed E-state index contributed by atoms with van der Waals surface area (Å²) in [5.41, 5.74) is 0. The molecule has 1 saturated carbocycles. The smallest absolute Gasteiger partial charge is 0.330 e. The number of hydrogen-bond donors (Lipinski definition) is 0. The van der Waals surface area contributed by atoms with E-state index in [1.807, 2.05) is 6.08 Å². The highest BCUT2D eigenvalue weighted by molar-refractivity contribution is 5.82. The predicted octanol–water partition coefficient (Wildman–Crippen LogP) is 2.85. The quantitative estimate of drug-likeness (QED) is 0.392. The number of rotatable bonds is 3. The molecule has 0 spiro atoms. The zero-order valence-corrected chi connectivity index (χ0v) is 8.74. The molecule has 0 radical (unpaired) electrons. The molecule has 0 aromatic rings. The first-order chi connectivity index (χ1) is 6.83. The van der Waals surface area contributed by atoms with Crippen LogP contribution in [0.2, 0.25) is 0 Å². The molecule has 2 nitrogen and oxygen atoms in total. The van der Waals surface area contributed by atoms with Crippen molar-refractivity contribution in [2.24, 2.45) is 5.92 Å². The largest absolute Gasteiger partial charge is 0.466 e. The molecule has 78 valence electrons. The van der Waals surface area contributed by atoms with Gasteiger partial charge in [0.15, 0.2) is 0 Å². The van der Waals surface area contributed by atoms with Gasteiger partial charge in [0.2, 0.25) is 0 Å². The fourth-order valence-electron chi connectivity index (χ4n) is 1.75. The number of ether oxygens (including phenoxy) is 1. The molecule has 0 unspecified atom stereocenters. The normalized spacial score (nSPS) is 19.2. The number of hydrogen-bond acceptors (Lipinski definition) is 2. The van der Waals surface area contributed by atoms with Crippen LogP contribution in [0.3, 0.4) is 0 Å². The Kier molecular flexibility index (Phi) is 5.05. The van der Waals surface area contributed by atoms with Crippen LogP contribution in [-0.2, 0) is 9.53 Å². The number of carbonyl (C=O) groups excluding carboxylic acids is 1. The van der Waals surface area contributed by atoms with Gasteiger partial charge in [-0.25, -0.2) is 4.79 Å². The van der Waals surface area contributed by atoms with Gasteiger partial charge in [0.25, 0.3) is 0 Å². The van der Waals surface area contributed by atoms with Gasteiger partial charge < -0.3 is 4.74 Å². The monoisotopic (exact) mass is 194 g/mol. The maximum absolute atomic E-state index is 10.7. The van der Waals surface area contributed by atoms with Gasteiger partial charge in [0.05, 0.1) is 7.11 Å². The summed E-state index contributed by atoms with van der Waals surface area (Å²) >= 11 is 0. The van der Waals surface area contributed by atoms with Crippen LogP contribution in [0.5, 0.6) is 0 Å². The third-order valence-electron chi connectivity index (χ3n) is 2.58. The molecule has 0 bridgehead atoms. The molecule has 0 aromatic carbocycles. The topological polar surface area (TPSA) is 26.3 Å². The standard InChI is InChI=1S/C12H18O2/c1-14-12(13)10-6-5-9-11-7-3-2-4-8-11/h5-6,9-11H,2-4,7-8H2,1H3/b9-5+,10-6-. The first-order valence-corrected chi connectivity index (χ1v) is 5.26. The fourth-order valence-corrected chi connectivity index (χ4v) is 1.75. The molecule has 1 rings (SSSR count). The van der Waals surface area contributed by atoms with Gasteiger partial charge in [0.1, 0.15) is 0 Å². The van der Waals surface area contributed by atoms with Crippen LogP contribution >= 0.6 is 0 Å². The van der Waals surface area contributed by atoms with Gasteiger partial charge in [0, 0.05) is 6.08 Å². The molecule has 0 N–H and O–H groups in total. The number of allylic oxidation sites excluding steroid dienone is 3. The molecule has 14 heavy (non-hydrogen) atoms. The molecule has 0 aromatic heterocycles. The molecular formula is C12H18O2. The second kappa shape index (κ2) is 6.41. The lowest BCUT2D eigenvalue weighted by molar-refractivity contribution is -0.134. The summed E-state index contributed by atoms with van der Waals surface area (Å²) in [6, 6.07) is 0. The molecule has 1 fully saturated rings. The fraction of sp³-hybridized carbons (Fsp3) is 0.583. The zero-order chi connectivity index (χ0) is 10.2. The van der Waals surface area contributed by atoms with Gasteiger partial charge in [-0.3, -0.25) is 0 Å². The van der Waals surface area contributed by atoms with E-state index in [4.69, 9.17) is 0 Å². The van der Waals surface area contributed by atoms with E-state index < -0.39 is 0 Å². The third kappa shape index (κ3) is 4.26. The van der Waals surface area contributed by atoms with E-state index in [1.165, 1.54) is 45.3 Å². The molecular weight excluding hydrogens is 176 g/mol. The van der Waals surface area contributed by atoms with Crippen molar-refractivity contribution in [2.75, 3.05) is 7.11 Å². The minimum atomic E-state index is -0.293. The summed E-state index contributed by atoms with van der Waals surface area (Å²) in [6.07, 6.45) is 14.0. The van der Waals surface area contributed by atoms with E-state index in [0.29, 0.717) is 5.92 Å². The van der Waals surface area contributed by atoms with E-state index >= 15 is 0 Å². The van der Waals surface area contributed by atoms with Crippen molar-refractivity contribution >= 4 is 5.97 Å². The summed E-state index contributed by atoms with van der Waals surface area (Å²) in [7, 11) is 1.39. The first-order valence-electron chi connectivity index (χ1n) is 5.26. The first kappa shape index (κ1) is 11.0. The highest BCUT2D eigenvalue weighted by atomic mass is 16.5. The minimum Gasteiger partial charge on any atom is -0.466 e. The molecule has 0 saturated heterocycles. The second-order valence-electron chi connectivity index (χ2n) is 3.67. The lowest BCUT2D eigenvalue weighted by Gasteiger charge is -2.17. The maximum atomic E-state index is 10.7. The van der Waals surface area contributed by atoms with E-state index in [-0.39, 0.29) is 5.97 Å². The zero-order valence-electron chi connectivity index (χ0n) is 8.74. The molecule has 1 aliphatic carbocycles. The van der Waals surface area contributed by atoms with Gasteiger partial charge in [-0.05, 0) is 18.8 Å². The van der Waals surface area contributed by atoms with Crippen LogP contribution < -0.4 is 0 Å². The molecule has 0 heterocycles. The Bertz CT molecular complexity index is 222. The summed E-state index contributed by atoms with van der Waals surface area (Å²) in [4.78, 5) is 10.7. The Morgan fingerprint density at radius 2 is 1.93 bits per heavy atom. The SMILES string of the molecule is COC(=O)/C=C\C=C\C1CCCCC1. The van der Waals surface area contributed by atoms with Crippen LogP contribution in [0.25, 0.3) is 0 Å². The van der Waals surface area contributed by atoms with E-state index in [0.717, 1.165) is 0 Å². The Balaban J connectivity index is 2.24. The Morgan fingerprint density at radius 1 is 1.21 bits per heavy atom. The summed E-state index contributed by atoms with van der Waals surface area (Å²) in [5, 5.41) is 0.